The minimum Gasteiger partial charge on any atom is -0.280 e. The fourth-order valence-electron chi connectivity index (χ4n) is 3.59. The van der Waals surface area contributed by atoms with Crippen molar-refractivity contribution in [3.05, 3.63) is 83.4 Å². The third kappa shape index (κ3) is 4.20. The van der Waals surface area contributed by atoms with E-state index in [-0.39, 0.29) is 27.6 Å². The molecular formula is C22H20F2N2O4S2. The molecule has 0 amide bonds. The summed E-state index contributed by atoms with van der Waals surface area (Å²) in [6.45, 7) is 1.67. The van der Waals surface area contributed by atoms with Crippen molar-refractivity contribution in [2.45, 2.75) is 29.6 Å². The van der Waals surface area contributed by atoms with Crippen LogP contribution in [0.3, 0.4) is 0 Å². The van der Waals surface area contributed by atoms with E-state index in [0.29, 0.717) is 18.5 Å². The number of benzene rings is 3. The maximum Gasteiger partial charge on any atom is 0.264 e. The van der Waals surface area contributed by atoms with Gasteiger partial charge in [-0.25, -0.2) is 25.6 Å². The van der Waals surface area contributed by atoms with Gasteiger partial charge in [0.2, 0.25) is 0 Å². The molecule has 1 N–H and O–H groups in total. The Labute approximate surface area is 185 Å². The van der Waals surface area contributed by atoms with Gasteiger partial charge in [0.15, 0.2) is 0 Å². The number of halogens is 2. The van der Waals surface area contributed by atoms with Crippen LogP contribution < -0.4 is 9.03 Å². The second-order valence-corrected chi connectivity index (χ2v) is 11.0. The number of aryl methyl sites for hydroxylation is 2. The highest BCUT2D eigenvalue weighted by atomic mass is 32.2. The Kier molecular flexibility index (Phi) is 5.68. The first-order valence-corrected chi connectivity index (χ1v) is 12.7. The largest absolute Gasteiger partial charge is 0.280 e. The maximum atomic E-state index is 13.5. The summed E-state index contributed by atoms with van der Waals surface area (Å²) in [4.78, 5) is -0.163. The third-order valence-electron chi connectivity index (χ3n) is 5.25. The molecule has 3 aromatic carbocycles. The van der Waals surface area contributed by atoms with E-state index in [9.17, 15) is 25.6 Å². The summed E-state index contributed by atoms with van der Waals surface area (Å²) in [6, 6.07) is 12.7. The predicted molar refractivity (Wildman–Crippen MR) is 118 cm³/mol. The normalized spacial score (nSPS) is 14.2. The Hall–Kier alpha value is -2.98. The van der Waals surface area contributed by atoms with Crippen LogP contribution >= 0.6 is 0 Å². The molecule has 6 nitrogen and oxygen atoms in total. The lowest BCUT2D eigenvalue weighted by Gasteiger charge is -2.31. The van der Waals surface area contributed by atoms with E-state index in [1.165, 1.54) is 35.5 Å². The Balaban J connectivity index is 1.70. The molecule has 0 saturated heterocycles. The number of anilines is 2. The van der Waals surface area contributed by atoms with Gasteiger partial charge in [0.05, 0.1) is 21.2 Å². The Morgan fingerprint density at radius 2 is 1.56 bits per heavy atom. The highest BCUT2D eigenvalue weighted by Gasteiger charge is 2.30. The quantitative estimate of drug-likeness (QED) is 0.595. The van der Waals surface area contributed by atoms with Crippen molar-refractivity contribution in [1.82, 2.24) is 0 Å². The van der Waals surface area contributed by atoms with Gasteiger partial charge in [-0.3, -0.25) is 9.03 Å². The van der Waals surface area contributed by atoms with Gasteiger partial charge >= 0.3 is 0 Å². The van der Waals surface area contributed by atoms with Gasteiger partial charge in [-0.2, -0.15) is 0 Å². The van der Waals surface area contributed by atoms with Crippen LogP contribution in [0.2, 0.25) is 0 Å². The van der Waals surface area contributed by atoms with E-state index in [1.54, 1.807) is 12.1 Å². The molecule has 0 saturated carbocycles. The van der Waals surface area contributed by atoms with Crippen LogP contribution in [-0.2, 0) is 26.5 Å². The molecule has 0 atom stereocenters. The standard InChI is InChI=1S/C22H20F2N2O4S2/c1-15-13-20(10-11-21(15)24)31(27,28)25-18-7-4-16-3-2-12-26(22(16)14-18)32(29,30)19-8-5-17(23)6-9-19/h4-11,13-14,25H,2-3,12H2,1H3. The van der Waals surface area contributed by atoms with Gasteiger partial charge in [0.25, 0.3) is 20.0 Å². The van der Waals surface area contributed by atoms with Crippen molar-refractivity contribution in [2.75, 3.05) is 15.6 Å². The van der Waals surface area contributed by atoms with Crippen LogP contribution in [-0.4, -0.2) is 23.4 Å². The molecule has 32 heavy (non-hydrogen) atoms. The zero-order valence-electron chi connectivity index (χ0n) is 17.0. The summed E-state index contributed by atoms with van der Waals surface area (Å²) in [5, 5.41) is 0. The number of rotatable bonds is 5. The molecule has 168 valence electrons. The van der Waals surface area contributed by atoms with Crippen molar-refractivity contribution in [1.29, 1.82) is 0 Å². The molecule has 0 aliphatic carbocycles. The molecule has 3 aromatic rings. The molecule has 1 aliphatic rings. The summed E-state index contributed by atoms with van der Waals surface area (Å²) in [5.74, 6) is -1.06. The van der Waals surface area contributed by atoms with E-state index in [2.05, 4.69) is 4.72 Å². The van der Waals surface area contributed by atoms with Crippen LogP contribution in [0.15, 0.2) is 70.5 Å². The minimum atomic E-state index is -4.02. The van der Waals surface area contributed by atoms with Crippen LogP contribution in [0.1, 0.15) is 17.5 Å². The molecule has 1 aliphatic heterocycles. The van der Waals surface area contributed by atoms with E-state index in [0.717, 1.165) is 29.8 Å². The number of hydrogen-bond acceptors (Lipinski definition) is 4. The molecule has 0 bridgehead atoms. The summed E-state index contributed by atoms with van der Waals surface area (Å²) >= 11 is 0. The Bertz CT molecular complexity index is 1390. The van der Waals surface area contributed by atoms with E-state index >= 15 is 0 Å². The fraction of sp³-hybridized carbons (Fsp3) is 0.182. The van der Waals surface area contributed by atoms with Gasteiger partial charge in [0.1, 0.15) is 11.6 Å². The smallest absolute Gasteiger partial charge is 0.264 e. The lowest BCUT2D eigenvalue weighted by molar-refractivity contribution is 0.585. The second kappa shape index (κ2) is 8.18. The molecule has 0 radical (unpaired) electrons. The third-order valence-corrected chi connectivity index (χ3v) is 8.46. The van der Waals surface area contributed by atoms with Gasteiger partial charge < -0.3 is 0 Å². The summed E-state index contributed by atoms with van der Waals surface area (Å²) in [5.41, 5.74) is 1.47. The first-order valence-electron chi connectivity index (χ1n) is 9.78. The summed E-state index contributed by atoms with van der Waals surface area (Å²) in [7, 11) is -7.98. The first-order chi connectivity index (χ1) is 15.1. The molecule has 0 unspecified atom stereocenters. The SMILES string of the molecule is Cc1cc(S(=O)(=O)Nc2ccc3c(c2)N(S(=O)(=O)c2ccc(F)cc2)CCC3)ccc1F. The lowest BCUT2D eigenvalue weighted by Crippen LogP contribution is -2.35. The summed E-state index contributed by atoms with van der Waals surface area (Å²) < 4.78 is 82.3. The van der Waals surface area contributed by atoms with Crippen molar-refractivity contribution >= 4 is 31.4 Å². The number of hydrogen-bond donors (Lipinski definition) is 1. The average molecular weight is 479 g/mol. The predicted octanol–water partition coefficient (Wildman–Crippen LogP) is 4.22. The van der Waals surface area contributed by atoms with Gasteiger partial charge in [-0.05, 0) is 85.5 Å². The van der Waals surface area contributed by atoms with Gasteiger partial charge in [0, 0.05) is 6.54 Å². The maximum absolute atomic E-state index is 13.5. The monoisotopic (exact) mass is 478 g/mol. The van der Waals surface area contributed by atoms with Crippen LogP contribution in [0.4, 0.5) is 20.2 Å². The highest BCUT2D eigenvalue weighted by molar-refractivity contribution is 7.93. The first kappa shape index (κ1) is 22.2. The molecule has 0 aromatic heterocycles. The van der Waals surface area contributed by atoms with Crippen molar-refractivity contribution in [3.8, 4) is 0 Å². The fourth-order valence-corrected chi connectivity index (χ4v) is 6.25. The molecule has 0 fully saturated rings. The van der Waals surface area contributed by atoms with Crippen molar-refractivity contribution in [3.63, 3.8) is 0 Å². The Morgan fingerprint density at radius 3 is 2.25 bits per heavy atom. The summed E-state index contributed by atoms with van der Waals surface area (Å²) in [6.07, 6.45) is 1.22. The zero-order valence-corrected chi connectivity index (χ0v) is 18.7. The van der Waals surface area contributed by atoms with Crippen LogP contribution in [0.25, 0.3) is 0 Å². The van der Waals surface area contributed by atoms with Crippen molar-refractivity contribution in [2.24, 2.45) is 0 Å². The minimum absolute atomic E-state index is 0.0560. The van der Waals surface area contributed by atoms with Crippen molar-refractivity contribution < 1.29 is 25.6 Å². The van der Waals surface area contributed by atoms with E-state index in [4.69, 9.17) is 0 Å². The highest BCUT2D eigenvalue weighted by Crippen LogP contribution is 2.34. The topological polar surface area (TPSA) is 83.6 Å². The molecular weight excluding hydrogens is 458 g/mol. The van der Waals surface area contributed by atoms with Gasteiger partial charge in [-0.1, -0.05) is 6.07 Å². The number of sulfonamides is 2. The van der Waals surface area contributed by atoms with E-state index < -0.39 is 31.7 Å². The average Bonchev–Trinajstić information content (AvgIpc) is 2.75. The van der Waals surface area contributed by atoms with E-state index in [1.807, 2.05) is 0 Å². The number of nitrogens with one attached hydrogen (secondary N) is 1. The number of nitrogens with zero attached hydrogens (tertiary/aromatic N) is 1. The lowest BCUT2D eigenvalue weighted by atomic mass is 10.0. The zero-order chi connectivity index (χ0) is 23.1. The molecule has 10 heteroatoms. The second-order valence-electron chi connectivity index (χ2n) is 7.49. The number of fused-ring (bicyclic) bond motifs is 1. The molecule has 1 heterocycles. The molecule has 4 rings (SSSR count). The Morgan fingerprint density at radius 1 is 0.875 bits per heavy atom. The molecule has 0 spiro atoms. The van der Waals surface area contributed by atoms with Gasteiger partial charge in [-0.15, -0.1) is 0 Å². The van der Waals surface area contributed by atoms with Crippen LogP contribution in [0, 0.1) is 18.6 Å². The van der Waals surface area contributed by atoms with Crippen LogP contribution in [0.5, 0.6) is 0 Å².